The monoisotopic (exact) mass is 246 g/mol. The van der Waals surface area contributed by atoms with Crippen molar-refractivity contribution >= 4 is 0 Å². The lowest BCUT2D eigenvalue weighted by atomic mass is 10.0. The van der Waals surface area contributed by atoms with E-state index < -0.39 is 0 Å². The van der Waals surface area contributed by atoms with E-state index in [0.717, 1.165) is 22.6 Å². The van der Waals surface area contributed by atoms with Gasteiger partial charge in [-0.2, -0.15) is 0 Å². The smallest absolute Gasteiger partial charge is 0.196 e. The molecule has 1 aromatic carbocycles. The van der Waals surface area contributed by atoms with E-state index in [0.29, 0.717) is 18.9 Å². The minimum atomic E-state index is 0.532. The maximum atomic E-state index is 5.69. The number of oxazole rings is 1. The van der Waals surface area contributed by atoms with E-state index in [4.69, 9.17) is 14.9 Å². The molecule has 0 aliphatic rings. The molecule has 1 aromatic heterocycles. The van der Waals surface area contributed by atoms with Gasteiger partial charge in [-0.15, -0.1) is 0 Å². The molecule has 0 radical (unpaired) electrons. The minimum absolute atomic E-state index is 0.532. The van der Waals surface area contributed by atoms with Crippen LogP contribution in [0.5, 0.6) is 5.75 Å². The SMILES string of the molecule is COc1c(C)cc(C)cc1-c1cnc(CCN)o1. The Morgan fingerprint density at radius 1 is 1.33 bits per heavy atom. The van der Waals surface area contributed by atoms with E-state index in [1.807, 2.05) is 19.9 Å². The summed E-state index contributed by atoms with van der Waals surface area (Å²) in [6, 6.07) is 4.12. The molecule has 0 spiro atoms. The number of nitrogens with zero attached hydrogens (tertiary/aromatic N) is 1. The molecule has 18 heavy (non-hydrogen) atoms. The topological polar surface area (TPSA) is 61.3 Å². The second-order valence-electron chi connectivity index (χ2n) is 4.32. The van der Waals surface area contributed by atoms with Gasteiger partial charge in [-0.25, -0.2) is 4.98 Å². The Morgan fingerprint density at radius 3 is 2.78 bits per heavy atom. The zero-order chi connectivity index (χ0) is 13.1. The predicted octanol–water partition coefficient (Wildman–Crippen LogP) is 2.47. The van der Waals surface area contributed by atoms with Crippen LogP contribution in [0.1, 0.15) is 17.0 Å². The van der Waals surface area contributed by atoms with Gasteiger partial charge in [0.15, 0.2) is 11.7 Å². The van der Waals surface area contributed by atoms with Crippen molar-refractivity contribution in [2.75, 3.05) is 13.7 Å². The highest BCUT2D eigenvalue weighted by Gasteiger charge is 2.14. The van der Waals surface area contributed by atoms with Crippen LogP contribution in [0.3, 0.4) is 0 Å². The van der Waals surface area contributed by atoms with Crippen LogP contribution in [0, 0.1) is 13.8 Å². The molecule has 4 nitrogen and oxygen atoms in total. The highest BCUT2D eigenvalue weighted by molar-refractivity contribution is 5.68. The first-order valence-electron chi connectivity index (χ1n) is 5.96. The Hall–Kier alpha value is -1.81. The standard InChI is InChI=1S/C14H18N2O2/c1-9-6-10(2)14(17-3)11(7-9)12-8-16-13(18-12)4-5-15/h6-8H,4-5,15H2,1-3H3. The van der Waals surface area contributed by atoms with E-state index in [1.54, 1.807) is 13.3 Å². The van der Waals surface area contributed by atoms with Crippen molar-refractivity contribution in [1.82, 2.24) is 4.98 Å². The Labute approximate surface area is 107 Å². The Balaban J connectivity index is 2.48. The van der Waals surface area contributed by atoms with Crippen molar-refractivity contribution in [1.29, 1.82) is 0 Å². The average Bonchev–Trinajstić information content (AvgIpc) is 2.77. The molecular weight excluding hydrogens is 228 g/mol. The van der Waals surface area contributed by atoms with Gasteiger partial charge >= 0.3 is 0 Å². The number of rotatable bonds is 4. The van der Waals surface area contributed by atoms with Crippen LogP contribution in [0.25, 0.3) is 11.3 Å². The molecule has 0 aliphatic heterocycles. The zero-order valence-corrected chi connectivity index (χ0v) is 11.0. The molecule has 4 heteroatoms. The molecule has 0 fully saturated rings. The first-order chi connectivity index (χ1) is 8.65. The molecule has 0 aliphatic carbocycles. The molecule has 96 valence electrons. The molecule has 2 aromatic rings. The maximum Gasteiger partial charge on any atom is 0.196 e. The number of ether oxygens (including phenoxy) is 1. The van der Waals surface area contributed by atoms with E-state index in [1.165, 1.54) is 5.56 Å². The third-order valence-corrected chi connectivity index (χ3v) is 2.80. The van der Waals surface area contributed by atoms with Gasteiger partial charge in [0, 0.05) is 13.0 Å². The summed E-state index contributed by atoms with van der Waals surface area (Å²) in [6.45, 7) is 4.60. The molecule has 0 saturated heterocycles. The van der Waals surface area contributed by atoms with Crippen molar-refractivity contribution < 1.29 is 9.15 Å². The molecule has 0 unspecified atom stereocenters. The van der Waals surface area contributed by atoms with Gasteiger partial charge < -0.3 is 14.9 Å². The van der Waals surface area contributed by atoms with Gasteiger partial charge in [0.25, 0.3) is 0 Å². The molecule has 1 heterocycles. The maximum absolute atomic E-state index is 5.69. The van der Waals surface area contributed by atoms with E-state index >= 15 is 0 Å². The first-order valence-corrected chi connectivity index (χ1v) is 5.96. The first kappa shape index (κ1) is 12.6. The Bertz CT molecular complexity index is 547. The second-order valence-corrected chi connectivity index (χ2v) is 4.32. The Morgan fingerprint density at radius 2 is 2.11 bits per heavy atom. The predicted molar refractivity (Wildman–Crippen MR) is 70.7 cm³/mol. The molecule has 2 N–H and O–H groups in total. The van der Waals surface area contributed by atoms with Gasteiger partial charge in [0.2, 0.25) is 0 Å². The third-order valence-electron chi connectivity index (χ3n) is 2.80. The van der Waals surface area contributed by atoms with Crippen molar-refractivity contribution in [3.63, 3.8) is 0 Å². The minimum Gasteiger partial charge on any atom is -0.496 e. The van der Waals surface area contributed by atoms with Gasteiger partial charge in [0.1, 0.15) is 5.75 Å². The number of aryl methyl sites for hydroxylation is 2. The fraction of sp³-hybridized carbons (Fsp3) is 0.357. The van der Waals surface area contributed by atoms with Crippen LogP contribution in [-0.2, 0) is 6.42 Å². The summed E-state index contributed by atoms with van der Waals surface area (Å²) in [4.78, 5) is 4.21. The molecule has 0 atom stereocenters. The summed E-state index contributed by atoms with van der Waals surface area (Å²) in [7, 11) is 1.67. The van der Waals surface area contributed by atoms with Crippen LogP contribution < -0.4 is 10.5 Å². The van der Waals surface area contributed by atoms with Gasteiger partial charge in [-0.05, 0) is 31.0 Å². The lowest BCUT2D eigenvalue weighted by Gasteiger charge is -2.10. The fourth-order valence-corrected chi connectivity index (χ4v) is 2.08. The number of hydrogen-bond acceptors (Lipinski definition) is 4. The van der Waals surface area contributed by atoms with Crippen LogP contribution in [-0.4, -0.2) is 18.6 Å². The third kappa shape index (κ3) is 2.38. The average molecular weight is 246 g/mol. The summed E-state index contributed by atoms with van der Waals surface area (Å²) in [5.41, 5.74) is 8.68. The number of hydrogen-bond donors (Lipinski definition) is 1. The molecular formula is C14H18N2O2. The van der Waals surface area contributed by atoms with Crippen molar-refractivity contribution in [3.05, 3.63) is 35.3 Å². The van der Waals surface area contributed by atoms with Crippen LogP contribution >= 0.6 is 0 Å². The molecule has 0 saturated carbocycles. The highest BCUT2D eigenvalue weighted by Crippen LogP contribution is 2.34. The number of methoxy groups -OCH3 is 1. The lowest BCUT2D eigenvalue weighted by Crippen LogP contribution is -2.02. The summed E-state index contributed by atoms with van der Waals surface area (Å²) in [5.74, 6) is 2.21. The largest absolute Gasteiger partial charge is 0.496 e. The van der Waals surface area contributed by atoms with Crippen molar-refractivity contribution in [2.45, 2.75) is 20.3 Å². The highest BCUT2D eigenvalue weighted by atomic mass is 16.5. The number of aromatic nitrogens is 1. The lowest BCUT2D eigenvalue weighted by molar-refractivity contribution is 0.410. The second kappa shape index (κ2) is 5.23. The van der Waals surface area contributed by atoms with Gasteiger partial charge in [-0.1, -0.05) is 6.07 Å². The molecule has 0 bridgehead atoms. The van der Waals surface area contributed by atoms with E-state index in [2.05, 4.69) is 11.1 Å². The number of nitrogens with two attached hydrogens (primary N) is 1. The van der Waals surface area contributed by atoms with E-state index in [-0.39, 0.29) is 0 Å². The summed E-state index contributed by atoms with van der Waals surface area (Å²) < 4.78 is 11.1. The van der Waals surface area contributed by atoms with Crippen molar-refractivity contribution in [2.24, 2.45) is 5.73 Å². The molecule has 0 amide bonds. The Kier molecular flexibility index (Phi) is 3.67. The molecule has 2 rings (SSSR count). The number of benzene rings is 1. The zero-order valence-electron chi connectivity index (χ0n) is 11.0. The normalized spacial score (nSPS) is 10.7. The summed E-state index contributed by atoms with van der Waals surface area (Å²) >= 11 is 0. The van der Waals surface area contributed by atoms with Gasteiger partial charge in [-0.3, -0.25) is 0 Å². The van der Waals surface area contributed by atoms with Crippen LogP contribution in [0.15, 0.2) is 22.7 Å². The van der Waals surface area contributed by atoms with E-state index in [9.17, 15) is 0 Å². The summed E-state index contributed by atoms with van der Waals surface area (Å²) in [6.07, 6.45) is 2.37. The quantitative estimate of drug-likeness (QED) is 0.900. The van der Waals surface area contributed by atoms with Crippen LogP contribution in [0.2, 0.25) is 0 Å². The fourth-order valence-electron chi connectivity index (χ4n) is 2.08. The van der Waals surface area contributed by atoms with Crippen molar-refractivity contribution in [3.8, 4) is 17.1 Å². The summed E-state index contributed by atoms with van der Waals surface area (Å²) in [5, 5.41) is 0. The van der Waals surface area contributed by atoms with Gasteiger partial charge in [0.05, 0.1) is 18.9 Å². The van der Waals surface area contributed by atoms with Crippen LogP contribution in [0.4, 0.5) is 0 Å².